The van der Waals surface area contributed by atoms with E-state index in [1.54, 1.807) is 0 Å². The lowest BCUT2D eigenvalue weighted by molar-refractivity contribution is -0.158. The molecule has 1 atom stereocenters. The molecule has 0 aliphatic carbocycles. The number of piperidine rings is 1. The van der Waals surface area contributed by atoms with Gasteiger partial charge in [-0.2, -0.15) is 0 Å². The van der Waals surface area contributed by atoms with Crippen LogP contribution >= 0.6 is 0 Å². The summed E-state index contributed by atoms with van der Waals surface area (Å²) in [5, 5.41) is 18.6. The van der Waals surface area contributed by atoms with Crippen molar-refractivity contribution in [2.24, 2.45) is 5.92 Å². The fourth-order valence-corrected chi connectivity index (χ4v) is 2.35. The van der Waals surface area contributed by atoms with E-state index >= 15 is 0 Å². The van der Waals surface area contributed by atoms with Crippen molar-refractivity contribution in [3.8, 4) is 0 Å². The van der Waals surface area contributed by atoms with Crippen molar-refractivity contribution in [3.63, 3.8) is 0 Å². The van der Waals surface area contributed by atoms with Gasteiger partial charge in [-0.25, -0.2) is 4.79 Å². The minimum Gasteiger partial charge on any atom is -0.479 e. The first-order chi connectivity index (χ1) is 7.81. The molecule has 0 aromatic rings. The average molecular weight is 244 g/mol. The standard InChI is InChI=1S/C12H24N2O3/c1-12(17,11(15)16)9-14-6-4-10(5-7-14)8-13(2)3/h10,17H,4-9H2,1-3H3,(H,15,16). The Morgan fingerprint density at radius 1 is 1.41 bits per heavy atom. The molecule has 0 amide bonds. The number of aliphatic hydroxyl groups is 1. The van der Waals surface area contributed by atoms with Gasteiger partial charge in [0, 0.05) is 13.1 Å². The summed E-state index contributed by atoms with van der Waals surface area (Å²) in [5.41, 5.74) is -1.63. The van der Waals surface area contributed by atoms with Gasteiger partial charge in [0.1, 0.15) is 0 Å². The first-order valence-corrected chi connectivity index (χ1v) is 6.14. The normalized spacial score (nSPS) is 22.6. The van der Waals surface area contributed by atoms with Crippen LogP contribution in [0.15, 0.2) is 0 Å². The van der Waals surface area contributed by atoms with Gasteiger partial charge in [-0.05, 0) is 52.9 Å². The molecular formula is C12H24N2O3. The summed E-state index contributed by atoms with van der Waals surface area (Å²) in [6.07, 6.45) is 2.15. The van der Waals surface area contributed by atoms with Crippen LogP contribution in [0.1, 0.15) is 19.8 Å². The molecule has 17 heavy (non-hydrogen) atoms. The molecule has 1 fully saturated rings. The van der Waals surface area contributed by atoms with E-state index < -0.39 is 11.6 Å². The Bertz CT molecular complexity index is 258. The molecule has 2 N–H and O–H groups in total. The average Bonchev–Trinajstić information content (AvgIpc) is 2.19. The molecule has 0 aromatic heterocycles. The molecule has 0 bridgehead atoms. The summed E-state index contributed by atoms with van der Waals surface area (Å²) in [6.45, 7) is 4.42. The minimum atomic E-state index is -1.63. The van der Waals surface area contributed by atoms with Gasteiger partial charge in [0.05, 0.1) is 0 Å². The Morgan fingerprint density at radius 2 is 1.94 bits per heavy atom. The number of carboxylic acids is 1. The van der Waals surface area contributed by atoms with Gasteiger partial charge in [-0.3, -0.25) is 4.90 Å². The highest BCUT2D eigenvalue weighted by Gasteiger charge is 2.33. The van der Waals surface area contributed by atoms with Gasteiger partial charge in [-0.1, -0.05) is 0 Å². The van der Waals surface area contributed by atoms with Crippen molar-refractivity contribution >= 4 is 5.97 Å². The highest BCUT2D eigenvalue weighted by Crippen LogP contribution is 2.19. The van der Waals surface area contributed by atoms with Gasteiger partial charge in [-0.15, -0.1) is 0 Å². The summed E-state index contributed by atoms with van der Waals surface area (Å²) >= 11 is 0. The van der Waals surface area contributed by atoms with Gasteiger partial charge >= 0.3 is 5.97 Å². The molecule has 1 rings (SSSR count). The van der Waals surface area contributed by atoms with Crippen LogP contribution in [0.25, 0.3) is 0 Å². The Morgan fingerprint density at radius 3 is 2.35 bits per heavy atom. The summed E-state index contributed by atoms with van der Waals surface area (Å²) in [6, 6.07) is 0. The van der Waals surface area contributed by atoms with Crippen LogP contribution in [-0.4, -0.2) is 71.9 Å². The zero-order valence-corrected chi connectivity index (χ0v) is 11.0. The molecule has 0 radical (unpaired) electrons. The van der Waals surface area contributed by atoms with Crippen molar-refractivity contribution in [2.45, 2.75) is 25.4 Å². The Balaban J connectivity index is 2.35. The molecule has 1 saturated heterocycles. The van der Waals surface area contributed by atoms with Crippen LogP contribution in [0.5, 0.6) is 0 Å². The lowest BCUT2D eigenvalue weighted by Gasteiger charge is -2.35. The lowest BCUT2D eigenvalue weighted by atomic mass is 9.95. The fourth-order valence-electron chi connectivity index (χ4n) is 2.35. The van der Waals surface area contributed by atoms with Gasteiger partial charge in [0.15, 0.2) is 5.60 Å². The molecular weight excluding hydrogens is 220 g/mol. The van der Waals surface area contributed by atoms with Crippen molar-refractivity contribution < 1.29 is 15.0 Å². The second-order valence-corrected chi connectivity index (χ2v) is 5.56. The molecule has 1 unspecified atom stereocenters. The SMILES string of the molecule is CN(C)CC1CCN(CC(C)(O)C(=O)O)CC1. The van der Waals surface area contributed by atoms with E-state index in [0.717, 1.165) is 32.5 Å². The fraction of sp³-hybridized carbons (Fsp3) is 0.917. The molecule has 0 spiro atoms. The second kappa shape index (κ2) is 5.80. The summed E-state index contributed by atoms with van der Waals surface area (Å²) in [4.78, 5) is 15.1. The second-order valence-electron chi connectivity index (χ2n) is 5.56. The molecule has 0 saturated carbocycles. The largest absolute Gasteiger partial charge is 0.479 e. The Hall–Kier alpha value is -0.650. The third kappa shape index (κ3) is 4.61. The number of aliphatic carboxylic acids is 1. The maximum Gasteiger partial charge on any atom is 0.336 e. The highest BCUT2D eigenvalue weighted by molar-refractivity contribution is 5.76. The van der Waals surface area contributed by atoms with E-state index in [9.17, 15) is 9.90 Å². The monoisotopic (exact) mass is 244 g/mol. The Labute approximate surface area is 103 Å². The van der Waals surface area contributed by atoms with Gasteiger partial charge in [0.25, 0.3) is 0 Å². The first-order valence-electron chi connectivity index (χ1n) is 6.14. The van der Waals surface area contributed by atoms with Crippen LogP contribution in [0.4, 0.5) is 0 Å². The molecule has 5 nitrogen and oxygen atoms in total. The number of carbonyl (C=O) groups is 1. The van der Waals surface area contributed by atoms with Crippen LogP contribution in [-0.2, 0) is 4.79 Å². The van der Waals surface area contributed by atoms with Crippen molar-refractivity contribution in [2.75, 3.05) is 40.3 Å². The maximum atomic E-state index is 10.8. The molecule has 0 aromatic carbocycles. The molecule has 100 valence electrons. The van der Waals surface area contributed by atoms with E-state index in [0.29, 0.717) is 5.92 Å². The van der Waals surface area contributed by atoms with Crippen LogP contribution in [0.2, 0.25) is 0 Å². The predicted octanol–water partition coefficient (Wildman–Crippen LogP) is 0.0956. The number of hydrogen-bond donors (Lipinski definition) is 2. The van der Waals surface area contributed by atoms with Crippen molar-refractivity contribution in [3.05, 3.63) is 0 Å². The predicted molar refractivity (Wildman–Crippen MR) is 66.0 cm³/mol. The number of rotatable bonds is 5. The quantitative estimate of drug-likeness (QED) is 0.718. The number of nitrogens with zero attached hydrogens (tertiary/aromatic N) is 2. The van der Waals surface area contributed by atoms with E-state index in [4.69, 9.17) is 5.11 Å². The topological polar surface area (TPSA) is 64.0 Å². The van der Waals surface area contributed by atoms with Crippen molar-refractivity contribution in [1.82, 2.24) is 9.80 Å². The smallest absolute Gasteiger partial charge is 0.336 e. The van der Waals surface area contributed by atoms with Crippen LogP contribution in [0, 0.1) is 5.92 Å². The van der Waals surface area contributed by atoms with Crippen LogP contribution in [0.3, 0.4) is 0 Å². The molecule has 1 aliphatic rings. The first kappa shape index (κ1) is 14.4. The zero-order valence-electron chi connectivity index (χ0n) is 11.0. The number of likely N-dealkylation sites (tertiary alicyclic amines) is 1. The van der Waals surface area contributed by atoms with Crippen molar-refractivity contribution in [1.29, 1.82) is 0 Å². The maximum absolute atomic E-state index is 10.8. The van der Waals surface area contributed by atoms with Gasteiger partial charge in [0.2, 0.25) is 0 Å². The van der Waals surface area contributed by atoms with E-state index in [1.165, 1.54) is 6.92 Å². The number of β-amino-alcohol motifs (C(OH)–C–C–N with tert-alkyl or cyclic N) is 1. The Kier molecular flexibility index (Phi) is 4.91. The van der Waals surface area contributed by atoms with Gasteiger partial charge < -0.3 is 15.1 Å². The third-order valence-electron chi connectivity index (χ3n) is 3.32. The lowest BCUT2D eigenvalue weighted by Crippen LogP contribution is -2.49. The summed E-state index contributed by atoms with van der Waals surface area (Å²) in [5.74, 6) is -0.455. The van der Waals surface area contributed by atoms with E-state index in [2.05, 4.69) is 19.0 Å². The molecule has 5 heteroatoms. The third-order valence-corrected chi connectivity index (χ3v) is 3.32. The number of hydrogen-bond acceptors (Lipinski definition) is 4. The number of carboxylic acid groups (broad SMARTS) is 1. The van der Waals surface area contributed by atoms with E-state index in [-0.39, 0.29) is 6.54 Å². The highest BCUT2D eigenvalue weighted by atomic mass is 16.4. The zero-order chi connectivity index (χ0) is 13.1. The van der Waals surface area contributed by atoms with E-state index in [1.807, 2.05) is 4.90 Å². The summed E-state index contributed by atoms with van der Waals surface area (Å²) in [7, 11) is 4.14. The van der Waals surface area contributed by atoms with Crippen LogP contribution < -0.4 is 0 Å². The summed E-state index contributed by atoms with van der Waals surface area (Å²) < 4.78 is 0. The molecule has 1 heterocycles. The minimum absolute atomic E-state index is 0.219. The molecule has 1 aliphatic heterocycles.